The van der Waals surface area contributed by atoms with E-state index in [9.17, 15) is 4.79 Å². The molecule has 4 nitrogen and oxygen atoms in total. The molecule has 0 aromatic heterocycles. The maximum atomic E-state index is 12.6. The summed E-state index contributed by atoms with van der Waals surface area (Å²) in [6.45, 7) is 3.84. The summed E-state index contributed by atoms with van der Waals surface area (Å²) in [7, 11) is 1.61. The number of hydrogen-bond donors (Lipinski definition) is 2. The van der Waals surface area contributed by atoms with E-state index in [2.05, 4.69) is 17.6 Å². The fourth-order valence-corrected chi connectivity index (χ4v) is 2.63. The van der Waals surface area contributed by atoms with Crippen LogP contribution in [0.5, 0.6) is 5.75 Å². The molecule has 2 N–H and O–H groups in total. The first-order chi connectivity index (χ1) is 9.22. The van der Waals surface area contributed by atoms with Crippen molar-refractivity contribution in [3.05, 3.63) is 24.3 Å². The lowest BCUT2D eigenvalue weighted by Crippen LogP contribution is -2.47. The fraction of sp³-hybridized carbons (Fsp3) is 0.533. The van der Waals surface area contributed by atoms with Gasteiger partial charge in [-0.25, -0.2) is 0 Å². The smallest absolute Gasteiger partial charge is 0.231 e. The van der Waals surface area contributed by atoms with Crippen LogP contribution in [0.1, 0.15) is 26.2 Å². The van der Waals surface area contributed by atoms with Gasteiger partial charge >= 0.3 is 0 Å². The average molecular weight is 262 g/mol. The van der Waals surface area contributed by atoms with Crippen LogP contribution in [0.15, 0.2) is 24.3 Å². The molecule has 19 heavy (non-hydrogen) atoms. The van der Waals surface area contributed by atoms with Crippen LogP contribution in [0.3, 0.4) is 0 Å². The monoisotopic (exact) mass is 262 g/mol. The van der Waals surface area contributed by atoms with Crippen LogP contribution in [0.4, 0.5) is 5.69 Å². The molecule has 1 saturated heterocycles. The molecular weight excluding hydrogens is 240 g/mol. The van der Waals surface area contributed by atoms with Crippen molar-refractivity contribution in [3.8, 4) is 5.75 Å². The topological polar surface area (TPSA) is 50.4 Å². The summed E-state index contributed by atoms with van der Waals surface area (Å²) < 4.78 is 5.27. The third kappa shape index (κ3) is 2.89. The standard InChI is InChI=1S/C15H22N2O2/c1-3-15(9-6-10-16-11-15)14(18)17-12-7-4-5-8-13(12)19-2/h4-5,7-8,16H,3,6,9-11H2,1-2H3,(H,17,18). The van der Waals surface area contributed by atoms with Gasteiger partial charge in [0.2, 0.25) is 5.91 Å². The van der Waals surface area contributed by atoms with Crippen molar-refractivity contribution in [2.24, 2.45) is 5.41 Å². The Morgan fingerprint density at radius 3 is 2.89 bits per heavy atom. The highest BCUT2D eigenvalue weighted by atomic mass is 16.5. The Balaban J connectivity index is 2.15. The minimum atomic E-state index is -0.293. The summed E-state index contributed by atoms with van der Waals surface area (Å²) in [5.74, 6) is 0.789. The Morgan fingerprint density at radius 2 is 2.26 bits per heavy atom. The molecule has 4 heteroatoms. The first-order valence-electron chi connectivity index (χ1n) is 6.87. The van der Waals surface area contributed by atoms with E-state index in [1.165, 1.54) is 0 Å². The van der Waals surface area contributed by atoms with Crippen molar-refractivity contribution >= 4 is 11.6 Å². The first kappa shape index (κ1) is 13.9. The number of carbonyl (C=O) groups is 1. The van der Waals surface area contributed by atoms with E-state index in [-0.39, 0.29) is 11.3 Å². The van der Waals surface area contributed by atoms with Gasteiger partial charge < -0.3 is 15.4 Å². The number of methoxy groups -OCH3 is 1. The molecule has 1 aromatic carbocycles. The number of benzene rings is 1. The van der Waals surface area contributed by atoms with Gasteiger partial charge in [-0.2, -0.15) is 0 Å². The molecule has 0 spiro atoms. The third-order valence-corrected chi connectivity index (χ3v) is 3.99. The zero-order valence-corrected chi connectivity index (χ0v) is 11.7. The molecule has 1 atom stereocenters. The second-order valence-corrected chi connectivity index (χ2v) is 5.07. The maximum absolute atomic E-state index is 12.6. The third-order valence-electron chi connectivity index (χ3n) is 3.99. The van der Waals surface area contributed by atoms with E-state index in [0.29, 0.717) is 5.75 Å². The number of ether oxygens (including phenoxy) is 1. The van der Waals surface area contributed by atoms with Gasteiger partial charge in [0.25, 0.3) is 0 Å². The quantitative estimate of drug-likeness (QED) is 0.876. The molecule has 2 rings (SSSR count). The highest BCUT2D eigenvalue weighted by Gasteiger charge is 2.38. The van der Waals surface area contributed by atoms with Gasteiger partial charge in [0.05, 0.1) is 18.2 Å². The van der Waals surface area contributed by atoms with Crippen LogP contribution < -0.4 is 15.4 Å². The van der Waals surface area contributed by atoms with Gasteiger partial charge in [-0.15, -0.1) is 0 Å². The van der Waals surface area contributed by atoms with Crippen molar-refractivity contribution in [3.63, 3.8) is 0 Å². The Morgan fingerprint density at radius 1 is 1.47 bits per heavy atom. The number of hydrogen-bond acceptors (Lipinski definition) is 3. The molecule has 1 unspecified atom stereocenters. The van der Waals surface area contributed by atoms with Gasteiger partial charge in [-0.1, -0.05) is 19.1 Å². The van der Waals surface area contributed by atoms with Gasteiger partial charge in [-0.3, -0.25) is 4.79 Å². The molecule has 104 valence electrons. The normalized spacial score (nSPS) is 22.8. The molecule has 0 bridgehead atoms. The van der Waals surface area contributed by atoms with Crippen LogP contribution in [-0.4, -0.2) is 26.1 Å². The number of amides is 1. The van der Waals surface area contributed by atoms with Crippen LogP contribution in [-0.2, 0) is 4.79 Å². The molecule has 0 aliphatic carbocycles. The number of piperidine rings is 1. The molecule has 1 aliphatic rings. The number of para-hydroxylation sites is 2. The Labute approximate surface area is 114 Å². The van der Waals surface area contributed by atoms with Crippen LogP contribution in [0.25, 0.3) is 0 Å². The second-order valence-electron chi connectivity index (χ2n) is 5.07. The minimum absolute atomic E-state index is 0.0895. The van der Waals surface area contributed by atoms with Crippen molar-refractivity contribution in [2.45, 2.75) is 26.2 Å². The Kier molecular flexibility index (Phi) is 4.43. The van der Waals surface area contributed by atoms with Gasteiger partial charge in [0.15, 0.2) is 0 Å². The summed E-state index contributed by atoms with van der Waals surface area (Å²) >= 11 is 0. The summed E-state index contributed by atoms with van der Waals surface area (Å²) in [6.07, 6.45) is 2.84. The molecule has 1 amide bonds. The predicted octanol–water partition coefficient (Wildman–Crippen LogP) is 2.41. The lowest BCUT2D eigenvalue weighted by atomic mass is 9.77. The van der Waals surface area contributed by atoms with Gasteiger partial charge in [-0.05, 0) is 37.9 Å². The highest BCUT2D eigenvalue weighted by Crippen LogP contribution is 2.33. The summed E-state index contributed by atoms with van der Waals surface area (Å²) in [5.41, 5.74) is 0.451. The van der Waals surface area contributed by atoms with Crippen molar-refractivity contribution < 1.29 is 9.53 Å². The summed E-state index contributed by atoms with van der Waals surface area (Å²) in [4.78, 5) is 12.6. The largest absolute Gasteiger partial charge is 0.495 e. The lowest BCUT2D eigenvalue weighted by molar-refractivity contribution is -0.126. The fourth-order valence-electron chi connectivity index (χ4n) is 2.63. The van der Waals surface area contributed by atoms with Crippen molar-refractivity contribution in [2.75, 3.05) is 25.5 Å². The van der Waals surface area contributed by atoms with E-state index >= 15 is 0 Å². The molecule has 0 saturated carbocycles. The van der Waals surface area contributed by atoms with E-state index in [1.54, 1.807) is 7.11 Å². The molecule has 1 fully saturated rings. The van der Waals surface area contributed by atoms with Crippen LogP contribution in [0, 0.1) is 5.41 Å². The average Bonchev–Trinajstić information content (AvgIpc) is 2.48. The maximum Gasteiger partial charge on any atom is 0.231 e. The highest BCUT2D eigenvalue weighted by molar-refractivity contribution is 5.96. The molecule has 1 aliphatic heterocycles. The zero-order valence-electron chi connectivity index (χ0n) is 11.7. The van der Waals surface area contributed by atoms with E-state index in [0.717, 1.165) is 38.0 Å². The van der Waals surface area contributed by atoms with Crippen molar-refractivity contribution in [1.82, 2.24) is 5.32 Å². The SMILES string of the molecule is CCC1(C(=O)Nc2ccccc2OC)CCCNC1. The lowest BCUT2D eigenvalue weighted by Gasteiger charge is -2.35. The zero-order chi connectivity index (χ0) is 13.7. The minimum Gasteiger partial charge on any atom is -0.495 e. The molecule has 1 heterocycles. The van der Waals surface area contributed by atoms with Gasteiger partial charge in [0, 0.05) is 6.54 Å². The molecule has 0 radical (unpaired) electrons. The predicted molar refractivity (Wildman–Crippen MR) is 76.5 cm³/mol. The van der Waals surface area contributed by atoms with Gasteiger partial charge in [0.1, 0.15) is 5.75 Å². The number of nitrogens with one attached hydrogen (secondary N) is 2. The number of anilines is 1. The van der Waals surface area contributed by atoms with E-state index < -0.39 is 0 Å². The van der Waals surface area contributed by atoms with Crippen LogP contribution >= 0.6 is 0 Å². The van der Waals surface area contributed by atoms with E-state index in [1.807, 2.05) is 24.3 Å². The molecule has 1 aromatic rings. The summed E-state index contributed by atoms with van der Waals surface area (Å²) in [5, 5.41) is 6.35. The van der Waals surface area contributed by atoms with E-state index in [4.69, 9.17) is 4.74 Å². The van der Waals surface area contributed by atoms with Crippen molar-refractivity contribution in [1.29, 1.82) is 0 Å². The molecular formula is C15H22N2O2. The Bertz CT molecular complexity index is 440. The summed E-state index contributed by atoms with van der Waals surface area (Å²) in [6, 6.07) is 7.52. The number of carbonyl (C=O) groups excluding carboxylic acids is 1. The number of rotatable bonds is 4. The van der Waals surface area contributed by atoms with Crippen LogP contribution in [0.2, 0.25) is 0 Å². The first-order valence-corrected chi connectivity index (χ1v) is 6.87. The second kappa shape index (κ2) is 6.06. The Hall–Kier alpha value is -1.55.